The van der Waals surface area contributed by atoms with Gasteiger partial charge in [0.2, 0.25) is 0 Å². The molecule has 0 aliphatic carbocycles. The number of nitrogens with zero attached hydrogens (tertiary/aromatic N) is 2. The number of amides is 1. The summed E-state index contributed by atoms with van der Waals surface area (Å²) in [6, 6.07) is 4.36. The van der Waals surface area contributed by atoms with Crippen LogP contribution in [0.3, 0.4) is 0 Å². The Hall–Kier alpha value is -0.360. The first-order valence-corrected chi connectivity index (χ1v) is 7.71. The average Bonchev–Trinajstić information content (AvgIpc) is 2.60. The number of anilines is 1. The Balaban J connectivity index is 1.97. The van der Waals surface area contributed by atoms with Crippen LogP contribution in [-0.4, -0.2) is 44.7 Å². The molecule has 2 aliphatic heterocycles. The second kappa shape index (κ2) is 4.88. The normalized spacial score (nSPS) is 28.5. The van der Waals surface area contributed by atoms with E-state index < -0.39 is 3.42 Å². The summed E-state index contributed by atoms with van der Waals surface area (Å²) in [5.41, 5.74) is 2.22. The fourth-order valence-electron chi connectivity index (χ4n) is 3.04. The van der Waals surface area contributed by atoms with Gasteiger partial charge in [-0.15, -0.1) is 0 Å². The van der Waals surface area contributed by atoms with Crippen molar-refractivity contribution in [1.29, 1.82) is 0 Å². The molecule has 1 fully saturated rings. The van der Waals surface area contributed by atoms with Gasteiger partial charge in [0.15, 0.2) is 0 Å². The third-order valence-electron chi connectivity index (χ3n) is 4.15. The maximum absolute atomic E-state index is 12.7. The van der Waals surface area contributed by atoms with E-state index >= 15 is 0 Å². The zero-order valence-corrected chi connectivity index (χ0v) is 13.1. The van der Waals surface area contributed by atoms with E-state index in [1.54, 1.807) is 0 Å². The molecule has 2 radical (unpaired) electrons. The topological polar surface area (TPSA) is 23.6 Å². The number of halogens is 1. The third-order valence-corrected chi connectivity index (χ3v) is 5.20. The Kier molecular flexibility index (Phi) is 3.50. The minimum atomic E-state index is -0.436. The molecule has 1 aromatic rings. The van der Waals surface area contributed by atoms with Crippen LogP contribution in [0.15, 0.2) is 18.1 Å². The Morgan fingerprint density at radius 2 is 2.16 bits per heavy atom. The van der Waals surface area contributed by atoms with E-state index in [1.165, 1.54) is 0 Å². The van der Waals surface area contributed by atoms with Crippen LogP contribution in [0.4, 0.5) is 5.58 Å². The van der Waals surface area contributed by atoms with Gasteiger partial charge in [-0.1, -0.05) is 0 Å². The van der Waals surface area contributed by atoms with E-state index in [0.29, 0.717) is 0 Å². The Labute approximate surface area is 129 Å². The SMILES string of the molecule is [B]N1CCC(N2C(=O)C(C)(I)c3cccbc32)CC1. The molecule has 0 saturated carbocycles. The van der Waals surface area contributed by atoms with Crippen LogP contribution in [0.1, 0.15) is 25.3 Å². The zero-order chi connectivity index (χ0) is 13.6. The summed E-state index contributed by atoms with van der Waals surface area (Å²) in [6.45, 7) is 5.78. The number of carbonyl (C=O) groups is 1. The summed E-state index contributed by atoms with van der Waals surface area (Å²) in [4.78, 5) is 16.6. The summed E-state index contributed by atoms with van der Waals surface area (Å²) in [5, 5.41) is 0. The van der Waals surface area contributed by atoms with Crippen molar-refractivity contribution in [3.63, 3.8) is 0 Å². The molecule has 1 aromatic heterocycles. The second-order valence-corrected chi connectivity index (χ2v) is 7.62. The van der Waals surface area contributed by atoms with Crippen molar-refractivity contribution in [3.05, 3.63) is 23.7 Å². The summed E-state index contributed by atoms with van der Waals surface area (Å²) < 4.78 is -0.436. The van der Waals surface area contributed by atoms with E-state index in [1.807, 2.05) is 28.7 Å². The summed E-state index contributed by atoms with van der Waals surface area (Å²) >= 11 is 2.27. The van der Waals surface area contributed by atoms with Gasteiger partial charge in [-0.3, -0.25) is 0 Å². The molecule has 1 atom stereocenters. The van der Waals surface area contributed by atoms with Crippen LogP contribution in [-0.2, 0) is 8.22 Å². The molecule has 3 rings (SSSR count). The van der Waals surface area contributed by atoms with Crippen LogP contribution in [0, 0.1) is 0 Å². The number of piperidine rings is 1. The number of alkyl halides is 1. The van der Waals surface area contributed by atoms with Crippen molar-refractivity contribution in [2.24, 2.45) is 0 Å². The van der Waals surface area contributed by atoms with E-state index in [4.69, 9.17) is 7.98 Å². The summed E-state index contributed by atoms with van der Waals surface area (Å²) in [6.07, 6.45) is 1.90. The van der Waals surface area contributed by atoms with Gasteiger partial charge in [-0.05, 0) is 0 Å². The fraction of sp³-hybridized carbons (Fsp3) is 0.538. The molecule has 2 aliphatic rings. The van der Waals surface area contributed by atoms with Crippen LogP contribution >= 0.6 is 22.6 Å². The Bertz CT molecular complexity index is 515. The molecule has 0 aromatic carbocycles. The molecule has 0 bridgehead atoms. The van der Waals surface area contributed by atoms with Gasteiger partial charge in [0, 0.05) is 0 Å². The van der Waals surface area contributed by atoms with Gasteiger partial charge < -0.3 is 0 Å². The molecule has 1 unspecified atom stereocenters. The minimum absolute atomic E-state index is 0.213. The molecule has 96 valence electrons. The first kappa shape index (κ1) is 13.6. The molecule has 0 spiro atoms. The number of carbonyl (C=O) groups excluding carboxylic acids is 1. The van der Waals surface area contributed by atoms with Crippen molar-refractivity contribution in [3.8, 4) is 0 Å². The number of rotatable bonds is 1. The van der Waals surface area contributed by atoms with Crippen molar-refractivity contribution in [2.75, 3.05) is 18.0 Å². The summed E-state index contributed by atoms with van der Waals surface area (Å²) in [7, 11) is 5.81. The van der Waals surface area contributed by atoms with E-state index in [-0.39, 0.29) is 11.9 Å². The molecular formula is C13H15B2IN2O. The number of fused-ring (bicyclic) bond motifs is 1. The fourth-order valence-corrected chi connectivity index (χ4v) is 3.75. The molecule has 6 heteroatoms. The van der Waals surface area contributed by atoms with E-state index in [2.05, 4.69) is 35.6 Å². The third kappa shape index (κ3) is 2.17. The predicted octanol–water partition coefficient (Wildman–Crippen LogP) is 1.57. The van der Waals surface area contributed by atoms with Gasteiger partial charge in [0.25, 0.3) is 0 Å². The summed E-state index contributed by atoms with van der Waals surface area (Å²) in [5.74, 6) is 2.22. The zero-order valence-electron chi connectivity index (χ0n) is 11.0. The Morgan fingerprint density at radius 3 is 2.84 bits per heavy atom. The molecule has 1 saturated heterocycles. The van der Waals surface area contributed by atoms with Crippen LogP contribution < -0.4 is 4.90 Å². The standard InChI is InChI=1S/C13H15B2IN2O/c1-13(16)10-3-2-6-15-11(10)18(12(13)19)9-4-7-17(14)8-5-9/h2-3,6,9H,4-5,7-8H2,1H3. The number of hydrogen-bond donors (Lipinski definition) is 0. The molecule has 3 heterocycles. The van der Waals surface area contributed by atoms with Crippen molar-refractivity contribution in [1.82, 2.24) is 4.81 Å². The van der Waals surface area contributed by atoms with Gasteiger partial charge in [-0.25, -0.2) is 0 Å². The average molecular weight is 364 g/mol. The van der Waals surface area contributed by atoms with E-state index in [0.717, 1.165) is 37.1 Å². The number of hydrogen-bond acceptors (Lipinski definition) is 2. The van der Waals surface area contributed by atoms with Gasteiger partial charge in [0.05, 0.1) is 0 Å². The molecule has 1 amide bonds. The quantitative estimate of drug-likeness (QED) is 0.429. The van der Waals surface area contributed by atoms with Crippen molar-refractivity contribution < 1.29 is 4.79 Å². The van der Waals surface area contributed by atoms with Crippen LogP contribution in [0.5, 0.6) is 0 Å². The maximum atomic E-state index is 12.7. The van der Waals surface area contributed by atoms with Crippen molar-refractivity contribution >= 4 is 49.0 Å². The van der Waals surface area contributed by atoms with Crippen LogP contribution in [0.25, 0.3) is 0 Å². The monoisotopic (exact) mass is 364 g/mol. The van der Waals surface area contributed by atoms with Gasteiger partial charge >= 0.3 is 129 Å². The van der Waals surface area contributed by atoms with Crippen molar-refractivity contribution in [2.45, 2.75) is 29.2 Å². The Morgan fingerprint density at radius 1 is 1.47 bits per heavy atom. The predicted molar refractivity (Wildman–Crippen MR) is 87.0 cm³/mol. The molecule has 3 nitrogen and oxygen atoms in total. The van der Waals surface area contributed by atoms with Gasteiger partial charge in [-0.2, -0.15) is 0 Å². The van der Waals surface area contributed by atoms with Gasteiger partial charge in [0.1, 0.15) is 0 Å². The first-order valence-electron chi connectivity index (χ1n) is 6.63. The molecular weight excluding hydrogens is 349 g/mol. The van der Waals surface area contributed by atoms with Crippen LogP contribution in [0.2, 0.25) is 0 Å². The molecule has 0 N–H and O–H groups in total. The molecule has 19 heavy (non-hydrogen) atoms. The first-order chi connectivity index (χ1) is 9.01. The van der Waals surface area contributed by atoms with E-state index in [9.17, 15) is 4.79 Å². The second-order valence-electron chi connectivity index (χ2n) is 5.46.